The van der Waals surface area contributed by atoms with Gasteiger partial charge in [0.25, 0.3) is 0 Å². The third-order valence-corrected chi connectivity index (χ3v) is 9.74. The average Bonchev–Trinajstić information content (AvgIpc) is 3.18. The zero-order valence-electron chi connectivity index (χ0n) is 20.9. The van der Waals surface area contributed by atoms with E-state index in [4.69, 9.17) is 4.74 Å². The molecule has 2 bridgehead atoms. The van der Waals surface area contributed by atoms with Gasteiger partial charge < -0.3 is 14.7 Å². The van der Waals surface area contributed by atoms with E-state index in [1.165, 1.54) is 25.7 Å². The van der Waals surface area contributed by atoms with Crippen LogP contribution in [-0.4, -0.2) is 41.7 Å². The summed E-state index contributed by atoms with van der Waals surface area (Å²) in [5, 5.41) is 12.0. The van der Waals surface area contributed by atoms with Gasteiger partial charge in [-0.05, 0) is 61.2 Å². The van der Waals surface area contributed by atoms with Gasteiger partial charge in [0.05, 0.1) is 0 Å². The van der Waals surface area contributed by atoms with Crippen molar-refractivity contribution in [2.75, 3.05) is 19.6 Å². The third-order valence-electron chi connectivity index (χ3n) is 9.74. The van der Waals surface area contributed by atoms with Crippen LogP contribution in [0.25, 0.3) is 0 Å². The van der Waals surface area contributed by atoms with Crippen LogP contribution in [-0.2, 0) is 15.1 Å². The van der Waals surface area contributed by atoms with Crippen LogP contribution in [0.1, 0.15) is 64.0 Å². The zero-order chi connectivity index (χ0) is 24.0. The molecule has 2 aromatic rings. The molecule has 1 saturated heterocycles. The molecule has 1 heterocycles. The molecule has 3 aliphatic rings. The van der Waals surface area contributed by atoms with E-state index in [0.717, 1.165) is 26.1 Å². The van der Waals surface area contributed by atoms with E-state index in [-0.39, 0.29) is 16.9 Å². The van der Waals surface area contributed by atoms with Gasteiger partial charge in [0.2, 0.25) is 5.60 Å². The van der Waals surface area contributed by atoms with Crippen molar-refractivity contribution in [1.82, 2.24) is 4.90 Å². The molecule has 0 aromatic heterocycles. The Bertz CT molecular complexity index is 959. The van der Waals surface area contributed by atoms with Crippen molar-refractivity contribution in [2.24, 2.45) is 22.7 Å². The smallest absolute Gasteiger partial charge is 0.347 e. The van der Waals surface area contributed by atoms with Crippen LogP contribution in [0.4, 0.5) is 0 Å². The van der Waals surface area contributed by atoms with Crippen molar-refractivity contribution in [1.29, 1.82) is 0 Å². The molecule has 182 valence electrons. The highest BCUT2D eigenvalue weighted by Crippen LogP contribution is 2.68. The van der Waals surface area contributed by atoms with Gasteiger partial charge >= 0.3 is 5.97 Å². The zero-order valence-corrected chi connectivity index (χ0v) is 20.9. The van der Waals surface area contributed by atoms with E-state index in [0.29, 0.717) is 23.0 Å². The molecule has 3 fully saturated rings. The standard InChI is InChI=1S/C30H39NO3/c1-28(2)25-17-18-29(28,3)26(24(25)21-31-19-11-6-12-20-31)34-27(32)30(33,22-13-7-4-8-14-22)23-15-9-5-10-16-23/h4-5,7-10,13-16,24-26,33H,6,11-12,17-21H2,1-3H3. The van der Waals surface area contributed by atoms with Gasteiger partial charge in [-0.1, -0.05) is 87.9 Å². The second-order valence-corrected chi connectivity index (χ2v) is 11.6. The SMILES string of the molecule is CC1(C)C2CCC1(C)C(OC(=O)C(O)(c1ccccc1)c1ccccc1)C2CN1CCCCC1. The van der Waals surface area contributed by atoms with E-state index in [1.807, 2.05) is 60.7 Å². The first-order valence-electron chi connectivity index (χ1n) is 13.1. The van der Waals surface area contributed by atoms with Crippen molar-refractivity contribution in [2.45, 2.75) is 64.6 Å². The number of esters is 1. The van der Waals surface area contributed by atoms with Gasteiger partial charge in [0.15, 0.2) is 0 Å². The largest absolute Gasteiger partial charge is 0.459 e. The Morgan fingerprint density at radius 1 is 0.971 bits per heavy atom. The van der Waals surface area contributed by atoms with Crippen LogP contribution in [0.2, 0.25) is 0 Å². The lowest BCUT2D eigenvalue weighted by atomic mass is 9.70. The lowest BCUT2D eigenvalue weighted by Crippen LogP contribution is -2.49. The Hall–Kier alpha value is -2.17. The highest BCUT2D eigenvalue weighted by atomic mass is 16.6. The van der Waals surface area contributed by atoms with Gasteiger partial charge in [-0.25, -0.2) is 4.79 Å². The second-order valence-electron chi connectivity index (χ2n) is 11.6. The Kier molecular flexibility index (Phi) is 6.10. The first-order valence-corrected chi connectivity index (χ1v) is 13.1. The molecule has 4 unspecified atom stereocenters. The molecular formula is C30H39NO3. The molecule has 2 saturated carbocycles. The van der Waals surface area contributed by atoms with E-state index < -0.39 is 11.6 Å². The van der Waals surface area contributed by atoms with Crippen LogP contribution in [0.5, 0.6) is 0 Å². The van der Waals surface area contributed by atoms with E-state index in [2.05, 4.69) is 25.7 Å². The van der Waals surface area contributed by atoms with E-state index in [1.54, 1.807) is 0 Å². The number of aliphatic hydroxyl groups is 1. The number of rotatable bonds is 6. The van der Waals surface area contributed by atoms with Gasteiger partial charge in [0, 0.05) is 17.9 Å². The number of hydrogen-bond donors (Lipinski definition) is 1. The van der Waals surface area contributed by atoms with E-state index >= 15 is 0 Å². The van der Waals surface area contributed by atoms with Gasteiger partial charge in [-0.3, -0.25) is 0 Å². The maximum Gasteiger partial charge on any atom is 0.347 e. The Morgan fingerprint density at radius 3 is 2.09 bits per heavy atom. The molecule has 1 aliphatic heterocycles. The topological polar surface area (TPSA) is 49.8 Å². The number of nitrogens with zero attached hydrogens (tertiary/aromatic N) is 1. The fourth-order valence-corrected chi connectivity index (χ4v) is 7.35. The monoisotopic (exact) mass is 461 g/mol. The van der Waals surface area contributed by atoms with E-state index in [9.17, 15) is 9.90 Å². The fraction of sp³-hybridized carbons (Fsp3) is 0.567. The molecule has 5 rings (SSSR count). The summed E-state index contributed by atoms with van der Waals surface area (Å²) in [7, 11) is 0. The summed E-state index contributed by atoms with van der Waals surface area (Å²) in [6.07, 6.45) is 5.88. The predicted octanol–water partition coefficient (Wildman–Crippen LogP) is 5.39. The van der Waals surface area contributed by atoms with Crippen LogP contribution in [0.15, 0.2) is 60.7 Å². The first kappa shape index (κ1) is 23.6. The lowest BCUT2D eigenvalue weighted by Gasteiger charge is -2.42. The molecule has 1 N–H and O–H groups in total. The highest BCUT2D eigenvalue weighted by Gasteiger charge is 2.68. The van der Waals surface area contributed by atoms with Crippen molar-refractivity contribution in [3.8, 4) is 0 Å². The minimum atomic E-state index is -1.83. The quantitative estimate of drug-likeness (QED) is 0.586. The van der Waals surface area contributed by atoms with Gasteiger partial charge in [-0.15, -0.1) is 0 Å². The van der Waals surface area contributed by atoms with Gasteiger partial charge in [-0.2, -0.15) is 0 Å². The van der Waals surface area contributed by atoms with Crippen LogP contribution in [0.3, 0.4) is 0 Å². The first-order chi connectivity index (χ1) is 16.3. The molecule has 4 nitrogen and oxygen atoms in total. The van der Waals surface area contributed by atoms with Crippen LogP contribution >= 0.6 is 0 Å². The Balaban J connectivity index is 1.49. The maximum absolute atomic E-state index is 14.0. The van der Waals surface area contributed by atoms with Gasteiger partial charge in [0.1, 0.15) is 6.10 Å². The summed E-state index contributed by atoms with van der Waals surface area (Å²) in [6, 6.07) is 18.5. The lowest BCUT2D eigenvalue weighted by molar-refractivity contribution is -0.179. The Morgan fingerprint density at radius 2 is 1.53 bits per heavy atom. The molecule has 2 aliphatic carbocycles. The Labute approximate surface area is 204 Å². The molecule has 0 spiro atoms. The molecule has 2 aromatic carbocycles. The maximum atomic E-state index is 14.0. The molecule has 34 heavy (non-hydrogen) atoms. The summed E-state index contributed by atoms with van der Waals surface area (Å²) in [6.45, 7) is 10.3. The number of likely N-dealkylation sites (tertiary alicyclic amines) is 1. The highest BCUT2D eigenvalue weighted by molar-refractivity contribution is 5.85. The summed E-state index contributed by atoms with van der Waals surface area (Å²) in [4.78, 5) is 16.6. The molecule has 0 amide bonds. The second kappa shape index (κ2) is 8.80. The van der Waals surface area contributed by atoms with Crippen molar-refractivity contribution < 1.29 is 14.6 Å². The third kappa shape index (κ3) is 3.61. The van der Waals surface area contributed by atoms with Crippen molar-refractivity contribution in [3.63, 3.8) is 0 Å². The minimum Gasteiger partial charge on any atom is -0.459 e. The number of ether oxygens (including phenoxy) is 1. The number of carbonyl (C=O) groups excluding carboxylic acids is 1. The van der Waals surface area contributed by atoms with Crippen molar-refractivity contribution in [3.05, 3.63) is 71.8 Å². The normalized spacial score (nSPS) is 30.9. The fourth-order valence-electron chi connectivity index (χ4n) is 7.35. The molecule has 4 heteroatoms. The average molecular weight is 462 g/mol. The molecule has 4 atom stereocenters. The summed E-state index contributed by atoms with van der Waals surface area (Å²) in [5.74, 6) is 0.272. The number of carbonyl (C=O) groups is 1. The summed E-state index contributed by atoms with van der Waals surface area (Å²) < 4.78 is 6.50. The summed E-state index contributed by atoms with van der Waals surface area (Å²) >= 11 is 0. The number of hydrogen-bond acceptors (Lipinski definition) is 4. The number of fused-ring (bicyclic) bond motifs is 2. The molecular weight excluding hydrogens is 422 g/mol. The van der Waals surface area contributed by atoms with Crippen molar-refractivity contribution >= 4 is 5.97 Å². The predicted molar refractivity (Wildman–Crippen MR) is 134 cm³/mol. The summed E-state index contributed by atoms with van der Waals surface area (Å²) in [5.41, 5.74) is -0.740. The minimum absolute atomic E-state index is 0.0933. The number of piperidine rings is 1. The number of benzene rings is 2. The van der Waals surface area contributed by atoms with Crippen LogP contribution < -0.4 is 0 Å². The van der Waals surface area contributed by atoms with Crippen LogP contribution in [0, 0.1) is 22.7 Å². The molecule has 0 radical (unpaired) electrons.